The number of amides is 4. The van der Waals surface area contributed by atoms with E-state index in [9.17, 15) is 14.4 Å². The van der Waals surface area contributed by atoms with E-state index in [1.807, 2.05) is 60.0 Å². The van der Waals surface area contributed by atoms with Gasteiger partial charge in [0.15, 0.2) is 0 Å². The summed E-state index contributed by atoms with van der Waals surface area (Å²) in [5.74, 6) is 2.19. The third-order valence-electron chi connectivity index (χ3n) is 9.53. The van der Waals surface area contributed by atoms with Crippen molar-refractivity contribution < 1.29 is 19.1 Å². The number of benzene rings is 3. The fourth-order valence-corrected chi connectivity index (χ4v) is 7.65. The summed E-state index contributed by atoms with van der Waals surface area (Å²) in [6, 6.07) is 17.3. The molecular formula is C36H36Cl2N4O4. The van der Waals surface area contributed by atoms with Crippen LogP contribution in [-0.2, 0) is 15.0 Å². The van der Waals surface area contributed by atoms with Crippen molar-refractivity contribution in [2.45, 2.75) is 56.6 Å². The summed E-state index contributed by atoms with van der Waals surface area (Å²) < 4.78 is 6.68. The van der Waals surface area contributed by atoms with Gasteiger partial charge in [-0.1, -0.05) is 47.3 Å². The number of carbonyl (C=O) groups is 3. The van der Waals surface area contributed by atoms with Gasteiger partial charge >= 0.3 is 6.03 Å². The van der Waals surface area contributed by atoms with Gasteiger partial charge in [0.05, 0.1) is 6.04 Å². The summed E-state index contributed by atoms with van der Waals surface area (Å²) in [6.45, 7) is 6.40. The highest BCUT2D eigenvalue weighted by atomic mass is 35.5. The number of fused-ring (bicyclic) bond motifs is 2. The number of carbonyl (C=O) groups excluding carboxylic acids is 3. The zero-order valence-electron chi connectivity index (χ0n) is 25.8. The molecule has 8 nitrogen and oxygen atoms in total. The van der Waals surface area contributed by atoms with Crippen LogP contribution in [0, 0.1) is 12.3 Å². The average molecular weight is 660 g/mol. The minimum atomic E-state index is -1.27. The molecule has 2 saturated heterocycles. The van der Waals surface area contributed by atoms with Crippen LogP contribution in [0.5, 0.6) is 5.75 Å². The van der Waals surface area contributed by atoms with Gasteiger partial charge in [0.2, 0.25) is 11.8 Å². The Morgan fingerprint density at radius 3 is 2.48 bits per heavy atom. The van der Waals surface area contributed by atoms with Crippen molar-refractivity contribution in [1.82, 2.24) is 15.1 Å². The summed E-state index contributed by atoms with van der Waals surface area (Å²) in [4.78, 5) is 44.7. The van der Waals surface area contributed by atoms with E-state index in [0.29, 0.717) is 71.6 Å². The first-order valence-corrected chi connectivity index (χ1v) is 16.4. The minimum Gasteiger partial charge on any atom is -0.490 e. The van der Waals surface area contributed by atoms with Gasteiger partial charge in [-0.05, 0) is 67.4 Å². The molecule has 3 atom stereocenters. The summed E-state index contributed by atoms with van der Waals surface area (Å²) in [7, 11) is 0. The normalized spacial score (nSPS) is 22.5. The number of hydrogen-bond donors (Lipinski definition) is 2. The molecule has 4 amide bonds. The van der Waals surface area contributed by atoms with Crippen LogP contribution in [-0.4, -0.2) is 59.9 Å². The minimum absolute atomic E-state index is 0.0347. The number of rotatable bonds is 6. The maximum absolute atomic E-state index is 14.5. The number of anilines is 1. The number of piperidine rings is 2. The first-order valence-electron chi connectivity index (χ1n) is 15.7. The summed E-state index contributed by atoms with van der Waals surface area (Å²) in [5.41, 5.74) is 2.00. The fraction of sp³-hybridized carbons (Fsp3) is 0.361. The Morgan fingerprint density at radius 1 is 1.04 bits per heavy atom. The first-order chi connectivity index (χ1) is 22.2. The van der Waals surface area contributed by atoms with Crippen molar-refractivity contribution in [2.24, 2.45) is 0 Å². The lowest BCUT2D eigenvalue weighted by Gasteiger charge is -2.47. The number of nitrogens with zero attached hydrogens (tertiary/aromatic N) is 2. The third-order valence-corrected chi connectivity index (χ3v) is 10.00. The highest BCUT2D eigenvalue weighted by molar-refractivity contribution is 6.31. The van der Waals surface area contributed by atoms with Gasteiger partial charge in [-0.3, -0.25) is 9.59 Å². The van der Waals surface area contributed by atoms with E-state index >= 15 is 0 Å². The third kappa shape index (κ3) is 5.56. The van der Waals surface area contributed by atoms with Gasteiger partial charge in [-0.15, -0.1) is 6.42 Å². The Morgan fingerprint density at radius 2 is 1.78 bits per heavy atom. The number of halogens is 2. The second-order valence-corrected chi connectivity index (χ2v) is 12.9. The molecule has 3 aromatic rings. The molecule has 0 radical (unpaired) electrons. The number of nitrogens with one attached hydrogen (secondary N) is 2. The fourth-order valence-electron chi connectivity index (χ4n) is 7.28. The molecule has 0 bridgehead atoms. The predicted octanol–water partition coefficient (Wildman–Crippen LogP) is 6.51. The van der Waals surface area contributed by atoms with E-state index in [4.69, 9.17) is 34.4 Å². The van der Waals surface area contributed by atoms with E-state index in [2.05, 4.69) is 16.6 Å². The van der Waals surface area contributed by atoms with E-state index in [-0.39, 0.29) is 30.4 Å². The van der Waals surface area contributed by atoms with Gasteiger partial charge in [0.1, 0.15) is 17.3 Å². The van der Waals surface area contributed by atoms with Gasteiger partial charge < -0.3 is 25.2 Å². The van der Waals surface area contributed by atoms with Crippen molar-refractivity contribution >= 4 is 46.7 Å². The lowest BCUT2D eigenvalue weighted by Crippen LogP contribution is -2.57. The van der Waals surface area contributed by atoms with Crippen molar-refractivity contribution in [3.8, 4) is 18.1 Å². The Bertz CT molecular complexity index is 1730. The molecule has 6 rings (SSSR count). The Kier molecular flexibility index (Phi) is 8.91. The highest BCUT2D eigenvalue weighted by Gasteiger charge is 2.61. The van der Waals surface area contributed by atoms with Crippen molar-refractivity contribution in [3.05, 3.63) is 93.0 Å². The van der Waals surface area contributed by atoms with Crippen LogP contribution < -0.4 is 15.4 Å². The van der Waals surface area contributed by atoms with Crippen LogP contribution in [0.4, 0.5) is 10.5 Å². The van der Waals surface area contributed by atoms with Crippen LogP contribution in [0.3, 0.4) is 0 Å². The number of likely N-dealkylation sites (tertiary alicyclic amines) is 1. The van der Waals surface area contributed by atoms with Crippen LogP contribution in [0.15, 0.2) is 60.7 Å². The predicted molar refractivity (Wildman–Crippen MR) is 179 cm³/mol. The molecule has 0 aromatic heterocycles. The molecule has 3 aliphatic heterocycles. The van der Waals surface area contributed by atoms with E-state index in [1.165, 1.54) is 0 Å². The molecular weight excluding hydrogens is 623 g/mol. The molecule has 3 aromatic carbocycles. The summed E-state index contributed by atoms with van der Waals surface area (Å²) in [5, 5.41) is 7.22. The number of hydrogen-bond acceptors (Lipinski definition) is 4. The number of ether oxygens (including phenoxy) is 1. The molecule has 3 unspecified atom stereocenters. The zero-order chi connectivity index (χ0) is 32.6. The SMILES string of the molecule is C#Cc1ccc(OC2CCN(C(=O)N(CC)CC)CC2)c(C2NC(=O)CC(c3cccc(Cl)c3)C23C(=O)Nc2cc(Cl)ccc23)c1. The second-order valence-electron chi connectivity index (χ2n) is 12.0. The monoisotopic (exact) mass is 658 g/mol. The van der Waals surface area contributed by atoms with E-state index < -0.39 is 17.4 Å². The summed E-state index contributed by atoms with van der Waals surface area (Å²) >= 11 is 12.8. The van der Waals surface area contributed by atoms with Gasteiger partial charge in [0.25, 0.3) is 0 Å². The molecule has 46 heavy (non-hydrogen) atoms. The number of urea groups is 1. The van der Waals surface area contributed by atoms with Crippen LogP contribution in [0.25, 0.3) is 0 Å². The molecule has 10 heteroatoms. The van der Waals surface area contributed by atoms with E-state index in [1.54, 1.807) is 24.3 Å². The highest BCUT2D eigenvalue weighted by Crippen LogP contribution is 2.58. The van der Waals surface area contributed by atoms with Crippen molar-refractivity contribution in [2.75, 3.05) is 31.5 Å². The van der Waals surface area contributed by atoms with Gasteiger partial charge in [-0.25, -0.2) is 4.79 Å². The van der Waals surface area contributed by atoms with Gasteiger partial charge in [0, 0.05) is 78.2 Å². The lowest BCUT2D eigenvalue weighted by atomic mass is 9.59. The van der Waals surface area contributed by atoms with Crippen molar-refractivity contribution in [3.63, 3.8) is 0 Å². The maximum Gasteiger partial charge on any atom is 0.319 e. The molecule has 3 aliphatic rings. The molecule has 1 spiro atoms. The zero-order valence-corrected chi connectivity index (χ0v) is 27.3. The van der Waals surface area contributed by atoms with Crippen LogP contribution >= 0.6 is 23.2 Å². The Labute approximate surface area is 279 Å². The largest absolute Gasteiger partial charge is 0.490 e. The maximum atomic E-state index is 14.5. The average Bonchev–Trinajstić information content (AvgIpc) is 3.33. The molecule has 2 N–H and O–H groups in total. The molecule has 0 saturated carbocycles. The topological polar surface area (TPSA) is 91.0 Å². The van der Waals surface area contributed by atoms with Gasteiger partial charge in [-0.2, -0.15) is 0 Å². The Balaban J connectivity index is 1.43. The molecule has 2 fully saturated rings. The quantitative estimate of drug-likeness (QED) is 0.295. The molecule has 0 aliphatic carbocycles. The van der Waals surface area contributed by atoms with Crippen molar-refractivity contribution in [1.29, 1.82) is 0 Å². The van der Waals surface area contributed by atoms with E-state index in [0.717, 1.165) is 11.1 Å². The molecule has 238 valence electrons. The first kappa shape index (κ1) is 31.8. The number of terminal acetylenes is 1. The summed E-state index contributed by atoms with van der Waals surface area (Å²) in [6.07, 6.45) is 7.03. The standard InChI is InChI=1S/C36H36Cl2N4O4/c1-4-22-10-13-31(46-26-14-16-42(17-15-26)35(45)41(5-2)6-3)27(18-22)33-36(28-12-11-25(38)20-30(28)39-34(36)44)29(21-32(43)40-33)23-8-7-9-24(37)19-23/h1,7-13,18-20,26,29,33H,5-6,14-17,21H2,2-3H3,(H,39,44)(H,40,43). The molecule has 3 heterocycles. The Hall–Kier alpha value is -4.19. The smallest absolute Gasteiger partial charge is 0.319 e. The van der Waals surface area contributed by atoms with Crippen LogP contribution in [0.2, 0.25) is 10.0 Å². The lowest BCUT2D eigenvalue weighted by molar-refractivity contribution is -0.131. The van der Waals surface area contributed by atoms with Crippen LogP contribution in [0.1, 0.15) is 67.3 Å². The second kappa shape index (κ2) is 12.9.